The molecule has 0 aromatic carbocycles. The molecule has 3 N–H and O–H groups in total. The summed E-state index contributed by atoms with van der Waals surface area (Å²) in [7, 11) is 0. The Balaban J connectivity index is 2.48. The lowest BCUT2D eigenvalue weighted by Gasteiger charge is -2.23. The van der Waals surface area contributed by atoms with Gasteiger partial charge in [0.1, 0.15) is 6.04 Å². The van der Waals surface area contributed by atoms with Crippen LogP contribution in [-0.4, -0.2) is 52.3 Å². The lowest BCUT2D eigenvalue weighted by atomic mass is 9.92. The summed E-state index contributed by atoms with van der Waals surface area (Å²) in [5, 5.41) is 21.1. The van der Waals surface area contributed by atoms with E-state index in [-0.39, 0.29) is 18.4 Å². The number of rotatable bonds is 3. The van der Waals surface area contributed by atoms with Crippen LogP contribution >= 0.6 is 0 Å². The number of carbonyl (C=O) groups is 2. The molecule has 1 fully saturated rings. The number of aliphatic hydroxyl groups excluding tert-OH is 1. The first-order valence-corrected chi connectivity index (χ1v) is 6.16. The summed E-state index contributed by atoms with van der Waals surface area (Å²) < 4.78 is 0. The summed E-state index contributed by atoms with van der Waals surface area (Å²) in [6.45, 7) is 6.79. The van der Waals surface area contributed by atoms with Crippen LogP contribution in [0.15, 0.2) is 0 Å². The molecule has 0 bridgehead atoms. The summed E-state index contributed by atoms with van der Waals surface area (Å²) in [4.78, 5) is 24.0. The molecule has 0 aromatic rings. The Labute approximate surface area is 107 Å². The van der Waals surface area contributed by atoms with E-state index >= 15 is 0 Å². The van der Waals surface area contributed by atoms with Gasteiger partial charge < -0.3 is 20.4 Å². The number of aliphatic carboxylic acids is 1. The Morgan fingerprint density at radius 2 is 2.00 bits per heavy atom. The number of nitrogens with zero attached hydrogens (tertiary/aromatic N) is 1. The van der Waals surface area contributed by atoms with E-state index in [1.807, 2.05) is 0 Å². The van der Waals surface area contributed by atoms with Crippen LogP contribution in [0.2, 0.25) is 0 Å². The molecule has 1 aliphatic rings. The Morgan fingerprint density at radius 3 is 2.50 bits per heavy atom. The smallest absolute Gasteiger partial charge is 0.326 e. The fraction of sp³-hybridized carbons (Fsp3) is 0.833. The predicted octanol–water partition coefficient (Wildman–Crippen LogP) is 0.652. The van der Waals surface area contributed by atoms with E-state index in [2.05, 4.69) is 26.1 Å². The van der Waals surface area contributed by atoms with E-state index in [4.69, 9.17) is 5.11 Å². The fourth-order valence-electron chi connectivity index (χ4n) is 1.92. The maximum Gasteiger partial charge on any atom is 0.326 e. The van der Waals surface area contributed by atoms with Gasteiger partial charge in [-0.25, -0.2) is 9.59 Å². The molecule has 0 radical (unpaired) electrons. The Bertz CT molecular complexity index is 325. The van der Waals surface area contributed by atoms with Crippen molar-refractivity contribution in [2.75, 3.05) is 13.1 Å². The van der Waals surface area contributed by atoms with Crippen LogP contribution in [0.25, 0.3) is 0 Å². The number of hydrogen-bond acceptors (Lipinski definition) is 3. The predicted molar refractivity (Wildman–Crippen MR) is 66.2 cm³/mol. The van der Waals surface area contributed by atoms with Gasteiger partial charge >= 0.3 is 12.0 Å². The van der Waals surface area contributed by atoms with Gasteiger partial charge in [-0.1, -0.05) is 20.8 Å². The zero-order valence-electron chi connectivity index (χ0n) is 11.1. The summed E-state index contributed by atoms with van der Waals surface area (Å²) in [5.41, 5.74) is 0.115. The van der Waals surface area contributed by atoms with E-state index < -0.39 is 24.1 Å². The highest BCUT2D eigenvalue weighted by atomic mass is 16.4. The highest BCUT2D eigenvalue weighted by Crippen LogP contribution is 2.19. The molecule has 6 nitrogen and oxygen atoms in total. The minimum Gasteiger partial charge on any atom is -0.480 e. The van der Waals surface area contributed by atoms with E-state index in [9.17, 15) is 14.7 Å². The standard InChI is InChI=1S/C12H22N2O4/c1-12(2,3)4-5-13-11(18)14-7-8(15)6-9(14)10(16)17/h8-9,15H,4-7H2,1-3H3,(H,13,18)(H,16,17)/t8?,9-/m0/s1. The monoisotopic (exact) mass is 258 g/mol. The molecule has 1 saturated heterocycles. The number of amides is 2. The van der Waals surface area contributed by atoms with Crippen LogP contribution in [-0.2, 0) is 4.79 Å². The van der Waals surface area contributed by atoms with E-state index in [1.54, 1.807) is 0 Å². The fourth-order valence-corrected chi connectivity index (χ4v) is 1.92. The number of aliphatic hydroxyl groups is 1. The number of carboxylic acids is 1. The number of hydrogen-bond donors (Lipinski definition) is 3. The molecule has 1 rings (SSSR count). The van der Waals surface area contributed by atoms with E-state index in [1.165, 1.54) is 4.90 Å². The summed E-state index contributed by atoms with van der Waals surface area (Å²) in [6.07, 6.45) is 0.161. The first kappa shape index (κ1) is 14.8. The molecule has 0 spiro atoms. The quantitative estimate of drug-likeness (QED) is 0.693. The zero-order chi connectivity index (χ0) is 13.9. The van der Waals surface area contributed by atoms with Crippen molar-refractivity contribution < 1.29 is 19.8 Å². The van der Waals surface area contributed by atoms with Gasteiger partial charge in [-0.2, -0.15) is 0 Å². The molecule has 6 heteroatoms. The number of carboxylic acid groups (broad SMARTS) is 1. The van der Waals surface area contributed by atoms with Gasteiger partial charge in [-0.3, -0.25) is 0 Å². The molecule has 1 aliphatic heterocycles. The molecular formula is C12H22N2O4. The van der Waals surface area contributed by atoms with Crippen molar-refractivity contribution in [2.24, 2.45) is 5.41 Å². The molecule has 18 heavy (non-hydrogen) atoms. The first-order chi connectivity index (χ1) is 8.20. The minimum atomic E-state index is -1.07. The maximum atomic E-state index is 11.8. The Morgan fingerprint density at radius 1 is 1.39 bits per heavy atom. The summed E-state index contributed by atoms with van der Waals surface area (Å²) >= 11 is 0. The second-order valence-electron chi connectivity index (χ2n) is 5.94. The molecule has 0 saturated carbocycles. The maximum absolute atomic E-state index is 11.8. The number of likely N-dealkylation sites (tertiary alicyclic amines) is 1. The van der Waals surface area contributed by atoms with Gasteiger partial charge in [0.15, 0.2) is 0 Å². The zero-order valence-corrected chi connectivity index (χ0v) is 11.1. The molecule has 0 aliphatic carbocycles. The van der Waals surface area contributed by atoms with Crippen LogP contribution in [0.5, 0.6) is 0 Å². The minimum absolute atomic E-state index is 0.0817. The number of carbonyl (C=O) groups excluding carboxylic acids is 1. The van der Waals surface area contributed by atoms with Crippen molar-refractivity contribution in [1.82, 2.24) is 10.2 Å². The lowest BCUT2D eigenvalue weighted by molar-refractivity contribution is -0.141. The molecule has 0 aromatic heterocycles. The third-order valence-electron chi connectivity index (χ3n) is 2.98. The number of nitrogens with one attached hydrogen (secondary N) is 1. The van der Waals surface area contributed by atoms with Crippen molar-refractivity contribution in [1.29, 1.82) is 0 Å². The van der Waals surface area contributed by atoms with Crippen molar-refractivity contribution in [2.45, 2.75) is 45.8 Å². The van der Waals surface area contributed by atoms with Gasteiger partial charge in [0.25, 0.3) is 0 Å². The third kappa shape index (κ3) is 4.18. The lowest BCUT2D eigenvalue weighted by Crippen LogP contribution is -2.46. The van der Waals surface area contributed by atoms with Gasteiger partial charge in [-0.15, -0.1) is 0 Å². The topological polar surface area (TPSA) is 89.9 Å². The molecule has 104 valence electrons. The number of β-amino-alcohol motifs (C(OH)–C–C–N with tert-alkyl or cyclic N) is 1. The second-order valence-corrected chi connectivity index (χ2v) is 5.94. The average Bonchev–Trinajstić information content (AvgIpc) is 2.58. The first-order valence-electron chi connectivity index (χ1n) is 6.16. The van der Waals surface area contributed by atoms with E-state index in [0.29, 0.717) is 6.54 Å². The van der Waals surface area contributed by atoms with Crippen LogP contribution in [0.3, 0.4) is 0 Å². The van der Waals surface area contributed by atoms with Crippen molar-refractivity contribution in [3.63, 3.8) is 0 Å². The van der Waals surface area contributed by atoms with Crippen LogP contribution in [0, 0.1) is 5.41 Å². The van der Waals surface area contributed by atoms with Crippen molar-refractivity contribution in [3.05, 3.63) is 0 Å². The number of urea groups is 1. The van der Waals surface area contributed by atoms with Gasteiger partial charge in [0.2, 0.25) is 0 Å². The highest BCUT2D eigenvalue weighted by molar-refractivity contribution is 5.83. The summed E-state index contributed by atoms with van der Waals surface area (Å²) in [5.74, 6) is -1.07. The van der Waals surface area contributed by atoms with Crippen LogP contribution in [0.1, 0.15) is 33.6 Å². The Hall–Kier alpha value is -1.30. The highest BCUT2D eigenvalue weighted by Gasteiger charge is 2.38. The molecule has 1 unspecified atom stereocenters. The van der Waals surface area contributed by atoms with Gasteiger partial charge in [0, 0.05) is 19.5 Å². The largest absolute Gasteiger partial charge is 0.480 e. The van der Waals surface area contributed by atoms with Gasteiger partial charge in [0.05, 0.1) is 6.10 Å². The van der Waals surface area contributed by atoms with Crippen LogP contribution in [0.4, 0.5) is 4.79 Å². The normalized spacial score (nSPS) is 24.1. The molecule has 1 heterocycles. The third-order valence-corrected chi connectivity index (χ3v) is 2.98. The molecular weight excluding hydrogens is 236 g/mol. The van der Waals surface area contributed by atoms with Crippen LogP contribution < -0.4 is 5.32 Å². The van der Waals surface area contributed by atoms with E-state index in [0.717, 1.165) is 6.42 Å². The van der Waals surface area contributed by atoms with Crippen molar-refractivity contribution >= 4 is 12.0 Å². The SMILES string of the molecule is CC(C)(C)CCNC(=O)N1CC(O)C[C@H]1C(=O)O. The van der Waals surface area contributed by atoms with Gasteiger partial charge in [-0.05, 0) is 11.8 Å². The Kier molecular flexibility index (Phi) is 4.56. The molecule has 2 amide bonds. The molecule has 2 atom stereocenters. The average molecular weight is 258 g/mol. The van der Waals surface area contributed by atoms with Crippen molar-refractivity contribution in [3.8, 4) is 0 Å². The summed E-state index contributed by atoms with van der Waals surface area (Å²) in [6, 6.07) is -1.34. The second kappa shape index (κ2) is 5.56.